The molecule has 0 aliphatic carbocycles. The van der Waals surface area contributed by atoms with Crippen molar-refractivity contribution in [2.24, 2.45) is 7.05 Å². The van der Waals surface area contributed by atoms with Gasteiger partial charge in [-0.3, -0.25) is 4.79 Å². The van der Waals surface area contributed by atoms with Crippen LogP contribution >= 0.6 is 0 Å². The average Bonchev–Trinajstić information content (AvgIpc) is 3.17. The molecule has 1 amide bonds. The van der Waals surface area contributed by atoms with Crippen LogP contribution in [0.2, 0.25) is 0 Å². The molecule has 1 atom stereocenters. The summed E-state index contributed by atoms with van der Waals surface area (Å²) in [7, 11) is 2.04. The van der Waals surface area contributed by atoms with E-state index in [-0.39, 0.29) is 5.91 Å². The molecule has 3 heterocycles. The third-order valence-electron chi connectivity index (χ3n) is 5.32. The SMILES string of the molecule is Cc1ccc2c(CC(=O)N3CCC[C@H](c4nc(C)cn4C)C3)coc2c1. The van der Waals surface area contributed by atoms with Crippen LogP contribution in [0.25, 0.3) is 11.0 Å². The number of carbonyl (C=O) groups is 1. The molecule has 5 nitrogen and oxygen atoms in total. The van der Waals surface area contributed by atoms with Gasteiger partial charge in [0, 0.05) is 43.2 Å². The molecular weight excluding hydrogens is 326 g/mol. The fourth-order valence-corrected chi connectivity index (χ4v) is 4.03. The van der Waals surface area contributed by atoms with E-state index in [1.165, 1.54) is 0 Å². The minimum Gasteiger partial charge on any atom is -0.464 e. The molecular formula is C21H25N3O2. The summed E-state index contributed by atoms with van der Waals surface area (Å²) in [5.74, 6) is 1.57. The molecule has 4 rings (SSSR count). The van der Waals surface area contributed by atoms with Crippen molar-refractivity contribution in [1.82, 2.24) is 14.5 Å². The number of aryl methyl sites for hydroxylation is 3. The lowest BCUT2D eigenvalue weighted by molar-refractivity contribution is -0.131. The van der Waals surface area contributed by atoms with Crippen molar-refractivity contribution in [2.45, 2.75) is 39.0 Å². The first-order valence-corrected chi connectivity index (χ1v) is 9.25. The summed E-state index contributed by atoms with van der Waals surface area (Å²) in [6.07, 6.45) is 6.28. The van der Waals surface area contributed by atoms with Crippen LogP contribution in [-0.2, 0) is 18.3 Å². The summed E-state index contributed by atoms with van der Waals surface area (Å²) in [5.41, 5.74) is 4.02. The quantitative estimate of drug-likeness (QED) is 0.722. The zero-order chi connectivity index (χ0) is 18.3. The second-order valence-corrected chi connectivity index (χ2v) is 7.47. The van der Waals surface area contributed by atoms with Crippen LogP contribution in [0.5, 0.6) is 0 Å². The Morgan fingerprint density at radius 2 is 2.19 bits per heavy atom. The molecule has 1 fully saturated rings. The lowest BCUT2D eigenvalue weighted by Gasteiger charge is -2.32. The molecule has 1 aliphatic heterocycles. The van der Waals surface area contributed by atoms with E-state index >= 15 is 0 Å². The predicted octanol–water partition coefficient (Wildman–Crippen LogP) is 3.73. The minimum atomic E-state index is 0.170. The molecule has 0 bridgehead atoms. The van der Waals surface area contributed by atoms with Gasteiger partial charge in [-0.15, -0.1) is 0 Å². The van der Waals surface area contributed by atoms with Crippen molar-refractivity contribution in [3.8, 4) is 0 Å². The Balaban J connectivity index is 1.49. The average molecular weight is 351 g/mol. The van der Waals surface area contributed by atoms with Gasteiger partial charge >= 0.3 is 0 Å². The Morgan fingerprint density at radius 1 is 1.35 bits per heavy atom. The van der Waals surface area contributed by atoms with Gasteiger partial charge in [-0.05, 0) is 38.3 Å². The van der Waals surface area contributed by atoms with Gasteiger partial charge in [-0.1, -0.05) is 12.1 Å². The van der Waals surface area contributed by atoms with Crippen LogP contribution in [-0.4, -0.2) is 33.4 Å². The molecule has 0 N–H and O–H groups in total. The molecule has 0 unspecified atom stereocenters. The Labute approximate surface area is 153 Å². The number of imidazole rings is 1. The van der Waals surface area contributed by atoms with Crippen molar-refractivity contribution >= 4 is 16.9 Å². The Kier molecular flexibility index (Phi) is 4.31. The van der Waals surface area contributed by atoms with Gasteiger partial charge in [0.2, 0.25) is 5.91 Å². The van der Waals surface area contributed by atoms with Gasteiger partial charge in [0.25, 0.3) is 0 Å². The molecule has 0 spiro atoms. The number of nitrogens with zero attached hydrogens (tertiary/aromatic N) is 3. The molecule has 0 saturated carbocycles. The molecule has 1 aliphatic rings. The number of furan rings is 1. The third-order valence-corrected chi connectivity index (χ3v) is 5.32. The van der Waals surface area contributed by atoms with E-state index in [2.05, 4.69) is 21.8 Å². The van der Waals surface area contributed by atoms with Crippen LogP contribution in [0.1, 0.15) is 41.4 Å². The summed E-state index contributed by atoms with van der Waals surface area (Å²) in [6.45, 7) is 5.63. The number of rotatable bonds is 3. The maximum absolute atomic E-state index is 12.9. The second kappa shape index (κ2) is 6.63. The summed E-state index contributed by atoms with van der Waals surface area (Å²) < 4.78 is 7.74. The number of aromatic nitrogens is 2. The number of hydrogen-bond donors (Lipinski definition) is 0. The van der Waals surface area contributed by atoms with Gasteiger partial charge < -0.3 is 13.9 Å². The fourth-order valence-electron chi connectivity index (χ4n) is 4.03. The minimum absolute atomic E-state index is 0.170. The van der Waals surface area contributed by atoms with Gasteiger partial charge in [-0.25, -0.2) is 4.98 Å². The molecule has 136 valence electrons. The highest BCUT2D eigenvalue weighted by molar-refractivity contribution is 5.88. The highest BCUT2D eigenvalue weighted by Crippen LogP contribution is 2.28. The first kappa shape index (κ1) is 16.9. The molecule has 5 heteroatoms. The third kappa shape index (κ3) is 3.14. The Bertz CT molecular complexity index is 953. The highest BCUT2D eigenvalue weighted by atomic mass is 16.3. The number of benzene rings is 1. The lowest BCUT2D eigenvalue weighted by atomic mass is 9.96. The maximum atomic E-state index is 12.9. The predicted molar refractivity (Wildman–Crippen MR) is 101 cm³/mol. The van der Waals surface area contributed by atoms with Crippen molar-refractivity contribution in [1.29, 1.82) is 0 Å². The van der Waals surface area contributed by atoms with Crippen LogP contribution in [0.4, 0.5) is 0 Å². The smallest absolute Gasteiger partial charge is 0.227 e. The number of likely N-dealkylation sites (tertiary alicyclic amines) is 1. The molecule has 1 aromatic carbocycles. The summed E-state index contributed by atoms with van der Waals surface area (Å²) in [5, 5.41) is 1.04. The molecule has 0 radical (unpaired) electrons. The number of hydrogen-bond acceptors (Lipinski definition) is 3. The van der Waals surface area contributed by atoms with Crippen LogP contribution in [0, 0.1) is 13.8 Å². The highest BCUT2D eigenvalue weighted by Gasteiger charge is 2.27. The summed E-state index contributed by atoms with van der Waals surface area (Å²) in [6, 6.07) is 6.13. The molecule has 26 heavy (non-hydrogen) atoms. The molecule has 1 saturated heterocycles. The zero-order valence-corrected chi connectivity index (χ0v) is 15.7. The van der Waals surface area contributed by atoms with E-state index in [0.717, 1.165) is 59.5 Å². The summed E-state index contributed by atoms with van der Waals surface area (Å²) in [4.78, 5) is 19.6. The molecule has 3 aromatic rings. The van der Waals surface area contributed by atoms with Crippen molar-refractivity contribution < 1.29 is 9.21 Å². The first-order chi connectivity index (χ1) is 12.5. The second-order valence-electron chi connectivity index (χ2n) is 7.47. The van der Waals surface area contributed by atoms with Crippen molar-refractivity contribution in [3.05, 3.63) is 53.3 Å². The molecule has 2 aromatic heterocycles. The van der Waals surface area contributed by atoms with Gasteiger partial charge in [0.15, 0.2) is 0 Å². The van der Waals surface area contributed by atoms with E-state index in [1.807, 2.05) is 37.9 Å². The standard InChI is InChI=1S/C21H25N3O2/c1-14-6-7-18-17(13-26-19(18)9-14)10-20(25)24-8-4-5-16(12-24)21-22-15(2)11-23(21)3/h6-7,9,11,13,16H,4-5,8,10,12H2,1-3H3/t16-/m0/s1. The fraction of sp³-hybridized carbons (Fsp3) is 0.429. The van der Waals surface area contributed by atoms with Gasteiger partial charge in [0.1, 0.15) is 11.4 Å². The van der Waals surface area contributed by atoms with E-state index < -0.39 is 0 Å². The van der Waals surface area contributed by atoms with Gasteiger partial charge in [0.05, 0.1) is 18.4 Å². The number of carbonyl (C=O) groups excluding carboxylic acids is 1. The zero-order valence-electron chi connectivity index (χ0n) is 15.7. The van der Waals surface area contributed by atoms with Gasteiger partial charge in [-0.2, -0.15) is 0 Å². The van der Waals surface area contributed by atoms with Crippen molar-refractivity contribution in [3.63, 3.8) is 0 Å². The van der Waals surface area contributed by atoms with E-state index in [4.69, 9.17) is 4.42 Å². The van der Waals surface area contributed by atoms with E-state index in [0.29, 0.717) is 12.3 Å². The van der Waals surface area contributed by atoms with E-state index in [1.54, 1.807) is 6.26 Å². The maximum Gasteiger partial charge on any atom is 0.227 e. The largest absolute Gasteiger partial charge is 0.464 e. The van der Waals surface area contributed by atoms with Crippen LogP contribution in [0.3, 0.4) is 0 Å². The van der Waals surface area contributed by atoms with E-state index in [9.17, 15) is 4.79 Å². The Morgan fingerprint density at radius 3 is 2.96 bits per heavy atom. The normalized spacial score (nSPS) is 17.8. The van der Waals surface area contributed by atoms with Crippen LogP contribution in [0.15, 0.2) is 35.1 Å². The van der Waals surface area contributed by atoms with Crippen LogP contribution < -0.4 is 0 Å². The number of piperidine rings is 1. The number of amides is 1. The Hall–Kier alpha value is -2.56. The number of fused-ring (bicyclic) bond motifs is 1. The monoisotopic (exact) mass is 351 g/mol. The first-order valence-electron chi connectivity index (χ1n) is 9.25. The summed E-state index contributed by atoms with van der Waals surface area (Å²) >= 11 is 0. The van der Waals surface area contributed by atoms with Crippen molar-refractivity contribution in [2.75, 3.05) is 13.1 Å². The topological polar surface area (TPSA) is 51.3 Å². The lowest BCUT2D eigenvalue weighted by Crippen LogP contribution is -2.40.